The van der Waals surface area contributed by atoms with Gasteiger partial charge in [0.15, 0.2) is 0 Å². The quantitative estimate of drug-likeness (QED) is 0.659. The first-order valence-corrected chi connectivity index (χ1v) is 9.81. The number of anilines is 1. The summed E-state index contributed by atoms with van der Waals surface area (Å²) in [7, 11) is 1.58. The Balaban J connectivity index is 1.83. The van der Waals surface area contributed by atoms with E-state index in [0.717, 1.165) is 24.8 Å². The lowest BCUT2D eigenvalue weighted by Gasteiger charge is -2.20. The number of Topliss-reactive ketones (excluding diaryl/α,β-unsaturated/α-hetero) is 2. The molecule has 0 bridgehead atoms. The number of hydrogen-bond acceptors (Lipinski definition) is 4. The fourth-order valence-corrected chi connectivity index (χ4v) is 3.48. The molecule has 0 unspecified atom stereocenters. The van der Waals surface area contributed by atoms with Crippen molar-refractivity contribution < 1.29 is 14.3 Å². The Labute approximate surface area is 170 Å². The van der Waals surface area contributed by atoms with Crippen LogP contribution in [0.4, 0.5) is 5.69 Å². The fraction of sp³-hybridized carbons (Fsp3) is 0.304. The summed E-state index contributed by atoms with van der Waals surface area (Å²) in [5, 5.41) is 2.91. The first-order chi connectivity index (χ1) is 13.4. The highest BCUT2D eigenvalue weighted by Crippen LogP contribution is 2.31. The summed E-state index contributed by atoms with van der Waals surface area (Å²) in [5.74, 6) is 0.749. The largest absolute Gasteiger partial charge is 0.497 e. The van der Waals surface area contributed by atoms with Gasteiger partial charge in [-0.3, -0.25) is 9.59 Å². The Morgan fingerprint density at radius 2 is 1.71 bits per heavy atom. The molecule has 2 aromatic carbocycles. The lowest BCUT2D eigenvalue weighted by Crippen LogP contribution is -2.24. The van der Waals surface area contributed by atoms with Gasteiger partial charge in [0, 0.05) is 16.8 Å². The second kappa shape index (κ2) is 8.61. The second-order valence-electron chi connectivity index (χ2n) is 7.37. The molecule has 1 aliphatic carbocycles. The van der Waals surface area contributed by atoms with Crippen molar-refractivity contribution in [1.82, 2.24) is 0 Å². The van der Waals surface area contributed by atoms with Crippen LogP contribution in [0.2, 0.25) is 0 Å². The van der Waals surface area contributed by atoms with Gasteiger partial charge in [0.05, 0.1) is 7.11 Å². The van der Waals surface area contributed by atoms with Crippen molar-refractivity contribution in [3.05, 3.63) is 69.9 Å². The summed E-state index contributed by atoms with van der Waals surface area (Å²) in [6, 6.07) is 12.5. The molecule has 0 amide bonds. The molecule has 0 atom stereocenters. The predicted molar refractivity (Wildman–Crippen MR) is 112 cm³/mol. The molecule has 2 aromatic rings. The van der Waals surface area contributed by atoms with Gasteiger partial charge in [0.25, 0.3) is 0 Å². The summed E-state index contributed by atoms with van der Waals surface area (Å²) in [6.45, 7) is 4.38. The van der Waals surface area contributed by atoms with Crippen molar-refractivity contribution in [3.8, 4) is 5.75 Å². The highest BCUT2D eigenvalue weighted by Gasteiger charge is 2.31. The topological polar surface area (TPSA) is 55.4 Å². The van der Waals surface area contributed by atoms with Crippen LogP contribution >= 0.6 is 11.6 Å². The van der Waals surface area contributed by atoms with Crippen LogP contribution in [-0.4, -0.2) is 18.7 Å². The van der Waals surface area contributed by atoms with Crippen LogP contribution in [0.25, 0.3) is 0 Å². The van der Waals surface area contributed by atoms with E-state index in [1.807, 2.05) is 12.1 Å². The van der Waals surface area contributed by atoms with Crippen LogP contribution in [-0.2, 0) is 6.42 Å². The van der Waals surface area contributed by atoms with Crippen molar-refractivity contribution >= 4 is 28.9 Å². The Kier molecular flexibility index (Phi) is 6.20. The van der Waals surface area contributed by atoms with Crippen molar-refractivity contribution in [2.24, 2.45) is 5.92 Å². The minimum absolute atomic E-state index is 0.0763. The molecule has 0 aliphatic heterocycles. The fourth-order valence-electron chi connectivity index (χ4n) is 3.24. The monoisotopic (exact) mass is 397 g/mol. The summed E-state index contributed by atoms with van der Waals surface area (Å²) >= 11 is 6.28. The van der Waals surface area contributed by atoms with Gasteiger partial charge in [-0.1, -0.05) is 37.9 Å². The van der Waals surface area contributed by atoms with Crippen LogP contribution in [0.1, 0.15) is 53.0 Å². The molecular weight excluding hydrogens is 374 g/mol. The minimum atomic E-state index is -0.321. The van der Waals surface area contributed by atoms with Gasteiger partial charge >= 0.3 is 0 Å². The van der Waals surface area contributed by atoms with Gasteiger partial charge in [-0.2, -0.15) is 0 Å². The van der Waals surface area contributed by atoms with Crippen molar-refractivity contribution in [3.63, 3.8) is 0 Å². The number of ether oxygens (including phenoxy) is 1. The normalized spacial score (nSPS) is 13.8. The van der Waals surface area contributed by atoms with Crippen LogP contribution in [0.3, 0.4) is 0 Å². The van der Waals surface area contributed by atoms with E-state index >= 15 is 0 Å². The summed E-state index contributed by atoms with van der Waals surface area (Å²) < 4.78 is 5.13. The Morgan fingerprint density at radius 1 is 1.00 bits per heavy atom. The van der Waals surface area contributed by atoms with Gasteiger partial charge < -0.3 is 10.1 Å². The molecule has 4 nitrogen and oxygen atoms in total. The van der Waals surface area contributed by atoms with Crippen molar-refractivity contribution in [2.45, 2.75) is 33.1 Å². The molecule has 0 radical (unpaired) electrons. The molecule has 0 heterocycles. The van der Waals surface area contributed by atoms with Gasteiger partial charge in [0.2, 0.25) is 11.6 Å². The number of carbonyl (C=O) groups excluding carboxylic acids is 2. The molecule has 146 valence electrons. The molecule has 28 heavy (non-hydrogen) atoms. The average molecular weight is 398 g/mol. The second-order valence-corrected chi connectivity index (χ2v) is 7.74. The maximum Gasteiger partial charge on any atom is 0.211 e. The maximum atomic E-state index is 12.9. The maximum absolute atomic E-state index is 12.9. The molecule has 1 aliphatic rings. The third-order valence-electron chi connectivity index (χ3n) is 4.83. The lowest BCUT2D eigenvalue weighted by molar-refractivity contribution is 0.0982. The van der Waals surface area contributed by atoms with Crippen LogP contribution < -0.4 is 10.1 Å². The molecule has 3 rings (SSSR count). The van der Waals surface area contributed by atoms with Crippen molar-refractivity contribution in [2.75, 3.05) is 12.4 Å². The SMILES string of the molecule is COc1ccc(NC2=C(Cl)C(=O)c3cc(CCCC(C)C)ccc3C2=O)cc1. The molecule has 0 saturated carbocycles. The number of nitrogens with one attached hydrogen (secondary N) is 1. The van der Waals surface area contributed by atoms with Crippen LogP contribution in [0.5, 0.6) is 5.75 Å². The first kappa shape index (κ1) is 20.2. The standard InChI is InChI=1S/C23H24ClNO3/c1-14(2)5-4-6-15-7-12-18-19(13-15)22(26)20(24)21(23(18)27)25-16-8-10-17(28-3)11-9-16/h7-14,25H,4-6H2,1-3H3. The number of rotatable bonds is 7. The number of aryl methyl sites for hydroxylation is 1. The number of ketones is 2. The first-order valence-electron chi connectivity index (χ1n) is 9.44. The number of halogens is 1. The van der Waals surface area contributed by atoms with E-state index in [-0.39, 0.29) is 22.3 Å². The highest BCUT2D eigenvalue weighted by atomic mass is 35.5. The number of hydrogen-bond donors (Lipinski definition) is 1. The number of allylic oxidation sites excluding steroid dienone is 2. The molecule has 5 heteroatoms. The van der Waals surface area contributed by atoms with Gasteiger partial charge in [0.1, 0.15) is 16.5 Å². The van der Waals surface area contributed by atoms with E-state index in [1.165, 1.54) is 0 Å². The van der Waals surface area contributed by atoms with E-state index < -0.39 is 0 Å². The third-order valence-corrected chi connectivity index (χ3v) is 5.19. The molecule has 1 N–H and O–H groups in total. The van der Waals surface area contributed by atoms with Gasteiger partial charge in [-0.25, -0.2) is 0 Å². The molecule has 0 spiro atoms. The molecule has 0 saturated heterocycles. The predicted octanol–water partition coefficient (Wildman–Crippen LogP) is 5.62. The van der Waals surface area contributed by atoms with Crippen LogP contribution in [0, 0.1) is 5.92 Å². The molecule has 0 aromatic heterocycles. The summed E-state index contributed by atoms with van der Waals surface area (Å²) in [4.78, 5) is 25.7. The smallest absolute Gasteiger partial charge is 0.211 e. The van der Waals surface area contributed by atoms with Crippen molar-refractivity contribution in [1.29, 1.82) is 0 Å². The zero-order valence-corrected chi connectivity index (χ0v) is 17.1. The highest BCUT2D eigenvalue weighted by molar-refractivity contribution is 6.50. The minimum Gasteiger partial charge on any atom is -0.497 e. The number of methoxy groups -OCH3 is 1. The van der Waals surface area contributed by atoms with Crippen LogP contribution in [0.15, 0.2) is 53.2 Å². The molecular formula is C23H24ClNO3. The van der Waals surface area contributed by atoms with Gasteiger partial charge in [-0.05, 0) is 60.7 Å². The summed E-state index contributed by atoms with van der Waals surface area (Å²) in [5.41, 5.74) is 2.59. The Bertz CT molecular complexity index is 929. The van der Waals surface area contributed by atoms with E-state index in [4.69, 9.17) is 16.3 Å². The third kappa shape index (κ3) is 4.28. The van der Waals surface area contributed by atoms with E-state index in [2.05, 4.69) is 19.2 Å². The Morgan fingerprint density at radius 3 is 2.36 bits per heavy atom. The molecule has 0 fully saturated rings. The van der Waals surface area contributed by atoms with E-state index in [1.54, 1.807) is 37.4 Å². The number of carbonyl (C=O) groups is 2. The average Bonchev–Trinajstić information content (AvgIpc) is 2.69. The van der Waals surface area contributed by atoms with E-state index in [0.29, 0.717) is 28.5 Å². The Hall–Kier alpha value is -2.59. The lowest BCUT2D eigenvalue weighted by atomic mass is 9.89. The van der Waals surface area contributed by atoms with E-state index in [9.17, 15) is 9.59 Å². The zero-order chi connectivity index (χ0) is 20.3. The number of fused-ring (bicyclic) bond motifs is 1. The number of benzene rings is 2. The zero-order valence-electron chi connectivity index (χ0n) is 16.3. The summed E-state index contributed by atoms with van der Waals surface area (Å²) in [6.07, 6.45) is 3.05. The van der Waals surface area contributed by atoms with Gasteiger partial charge in [-0.15, -0.1) is 0 Å².